The molecule has 92 valence electrons. The number of hydrogen-bond donors (Lipinski definition) is 0. The lowest BCUT2D eigenvalue weighted by Gasteiger charge is -2.11. The zero-order valence-electron chi connectivity index (χ0n) is 9.70. The van der Waals surface area contributed by atoms with E-state index in [-0.39, 0.29) is 16.5 Å². The summed E-state index contributed by atoms with van der Waals surface area (Å²) >= 11 is 0. The Morgan fingerprint density at radius 2 is 2.11 bits per heavy atom. The molecule has 1 heterocycles. The Kier molecular flexibility index (Phi) is 3.11. The second kappa shape index (κ2) is 4.57. The maximum Gasteiger partial charge on any atom is 0.207 e. The second-order valence-electron chi connectivity index (χ2n) is 3.96. The Hall–Kier alpha value is -2.22. The summed E-state index contributed by atoms with van der Waals surface area (Å²) in [7, 11) is 0. The lowest BCUT2D eigenvalue weighted by molar-refractivity contribution is 0.581. The molecule has 0 saturated heterocycles. The van der Waals surface area contributed by atoms with Crippen molar-refractivity contribution in [3.63, 3.8) is 0 Å². The first-order chi connectivity index (χ1) is 8.58. The van der Waals surface area contributed by atoms with Gasteiger partial charge in [-0.25, -0.2) is 8.78 Å². The standard InChI is InChI=1S/C13H10F2N2O/c1-2-3-17-7-8(6-16)13(18)10-4-9(14)5-11(15)12(10)17/h4-5,7H,2-3H2,1H3. The Morgan fingerprint density at radius 1 is 1.39 bits per heavy atom. The maximum atomic E-state index is 13.8. The van der Waals surface area contributed by atoms with Gasteiger partial charge in [0.05, 0.1) is 10.9 Å². The number of aryl methyl sites for hydroxylation is 1. The summed E-state index contributed by atoms with van der Waals surface area (Å²) in [4.78, 5) is 11.9. The zero-order chi connectivity index (χ0) is 13.3. The molecular weight excluding hydrogens is 238 g/mol. The van der Waals surface area contributed by atoms with E-state index in [0.717, 1.165) is 12.1 Å². The van der Waals surface area contributed by atoms with Gasteiger partial charge in [-0.3, -0.25) is 4.79 Å². The third kappa shape index (κ3) is 1.86. The summed E-state index contributed by atoms with van der Waals surface area (Å²) in [5.74, 6) is -1.62. The normalized spacial score (nSPS) is 10.6. The molecule has 2 rings (SSSR count). The van der Waals surface area contributed by atoms with Crippen LogP contribution in [0.2, 0.25) is 0 Å². The minimum atomic E-state index is -0.824. The molecule has 2 aromatic rings. The molecule has 0 amide bonds. The lowest BCUT2D eigenvalue weighted by atomic mass is 10.1. The number of nitrogens with zero attached hydrogens (tertiary/aromatic N) is 2. The van der Waals surface area contributed by atoms with Crippen LogP contribution in [-0.4, -0.2) is 4.57 Å². The molecule has 0 radical (unpaired) electrons. The number of nitriles is 1. The van der Waals surface area contributed by atoms with Gasteiger partial charge in [-0.15, -0.1) is 0 Å². The van der Waals surface area contributed by atoms with Crippen molar-refractivity contribution in [3.05, 3.63) is 45.8 Å². The van der Waals surface area contributed by atoms with E-state index in [1.165, 1.54) is 10.8 Å². The van der Waals surface area contributed by atoms with Crippen LogP contribution in [0.4, 0.5) is 8.78 Å². The summed E-state index contributed by atoms with van der Waals surface area (Å²) in [6.45, 7) is 2.34. The van der Waals surface area contributed by atoms with E-state index in [2.05, 4.69) is 0 Å². The van der Waals surface area contributed by atoms with Gasteiger partial charge in [0.15, 0.2) is 5.82 Å². The number of pyridine rings is 1. The van der Waals surface area contributed by atoms with Gasteiger partial charge in [0.25, 0.3) is 0 Å². The Bertz CT molecular complexity index is 713. The predicted octanol–water partition coefficient (Wildman–Crippen LogP) is 2.56. The summed E-state index contributed by atoms with van der Waals surface area (Å²) in [5, 5.41) is 8.76. The van der Waals surface area contributed by atoms with Gasteiger partial charge in [0, 0.05) is 18.8 Å². The fourth-order valence-electron chi connectivity index (χ4n) is 1.95. The minimum absolute atomic E-state index is 0.0438. The van der Waals surface area contributed by atoms with Gasteiger partial charge in [-0.2, -0.15) is 5.26 Å². The molecule has 0 fully saturated rings. The van der Waals surface area contributed by atoms with Crippen molar-refractivity contribution in [1.82, 2.24) is 4.57 Å². The van der Waals surface area contributed by atoms with E-state index in [0.29, 0.717) is 13.0 Å². The Morgan fingerprint density at radius 3 is 2.72 bits per heavy atom. The molecule has 1 aromatic heterocycles. The first kappa shape index (κ1) is 12.2. The molecule has 0 aliphatic carbocycles. The van der Waals surface area contributed by atoms with Crippen LogP contribution in [0.25, 0.3) is 10.9 Å². The van der Waals surface area contributed by atoms with Crippen molar-refractivity contribution in [2.75, 3.05) is 0 Å². The molecular formula is C13H10F2N2O. The van der Waals surface area contributed by atoms with Crippen LogP contribution < -0.4 is 5.43 Å². The highest BCUT2D eigenvalue weighted by atomic mass is 19.1. The van der Waals surface area contributed by atoms with E-state index >= 15 is 0 Å². The number of benzene rings is 1. The molecule has 0 spiro atoms. The highest BCUT2D eigenvalue weighted by Gasteiger charge is 2.13. The average molecular weight is 248 g/mol. The third-order valence-corrected chi connectivity index (χ3v) is 2.67. The number of halogens is 2. The fraction of sp³-hybridized carbons (Fsp3) is 0.231. The first-order valence-electron chi connectivity index (χ1n) is 5.50. The molecule has 0 bridgehead atoms. The van der Waals surface area contributed by atoms with Crippen LogP contribution in [-0.2, 0) is 6.54 Å². The second-order valence-corrected chi connectivity index (χ2v) is 3.96. The van der Waals surface area contributed by atoms with Crippen molar-refractivity contribution in [1.29, 1.82) is 5.26 Å². The van der Waals surface area contributed by atoms with E-state index in [1.807, 2.05) is 6.92 Å². The summed E-state index contributed by atoms with van der Waals surface area (Å²) in [5.41, 5.74) is -0.707. The van der Waals surface area contributed by atoms with Gasteiger partial charge in [-0.05, 0) is 12.5 Å². The summed E-state index contributed by atoms with van der Waals surface area (Å²) in [6.07, 6.45) is 2.02. The quantitative estimate of drug-likeness (QED) is 0.819. The van der Waals surface area contributed by atoms with E-state index < -0.39 is 17.1 Å². The van der Waals surface area contributed by atoms with Crippen LogP contribution in [0.3, 0.4) is 0 Å². The molecule has 1 aromatic carbocycles. The fourth-order valence-corrected chi connectivity index (χ4v) is 1.95. The number of fused-ring (bicyclic) bond motifs is 1. The molecule has 3 nitrogen and oxygen atoms in total. The van der Waals surface area contributed by atoms with E-state index in [4.69, 9.17) is 5.26 Å². The van der Waals surface area contributed by atoms with Crippen LogP contribution in [0.1, 0.15) is 18.9 Å². The first-order valence-corrected chi connectivity index (χ1v) is 5.50. The summed E-state index contributed by atoms with van der Waals surface area (Å²) in [6, 6.07) is 3.45. The average Bonchev–Trinajstić information content (AvgIpc) is 2.32. The van der Waals surface area contributed by atoms with Crippen LogP contribution in [0, 0.1) is 23.0 Å². The molecule has 0 aliphatic heterocycles. The highest BCUT2D eigenvalue weighted by molar-refractivity contribution is 5.80. The number of hydrogen-bond acceptors (Lipinski definition) is 2. The molecule has 0 atom stereocenters. The zero-order valence-corrected chi connectivity index (χ0v) is 9.70. The van der Waals surface area contributed by atoms with Crippen molar-refractivity contribution < 1.29 is 8.78 Å². The van der Waals surface area contributed by atoms with E-state index in [1.54, 1.807) is 6.07 Å². The number of rotatable bonds is 2. The SMILES string of the molecule is CCCn1cc(C#N)c(=O)c2cc(F)cc(F)c21. The third-order valence-electron chi connectivity index (χ3n) is 2.67. The van der Waals surface area contributed by atoms with Crippen LogP contribution in [0.15, 0.2) is 23.1 Å². The van der Waals surface area contributed by atoms with Gasteiger partial charge in [0.2, 0.25) is 5.43 Å². The molecule has 18 heavy (non-hydrogen) atoms. The Balaban J connectivity index is 2.97. The van der Waals surface area contributed by atoms with Crippen molar-refractivity contribution >= 4 is 10.9 Å². The predicted molar refractivity (Wildman–Crippen MR) is 63.1 cm³/mol. The Labute approximate surface area is 102 Å². The van der Waals surface area contributed by atoms with Crippen LogP contribution in [0.5, 0.6) is 0 Å². The highest BCUT2D eigenvalue weighted by Crippen LogP contribution is 2.18. The molecule has 0 saturated carbocycles. The van der Waals surface area contributed by atoms with E-state index in [9.17, 15) is 13.6 Å². The van der Waals surface area contributed by atoms with Gasteiger partial charge in [0.1, 0.15) is 17.4 Å². The van der Waals surface area contributed by atoms with Crippen LogP contribution >= 0.6 is 0 Å². The monoisotopic (exact) mass is 248 g/mol. The van der Waals surface area contributed by atoms with Crippen molar-refractivity contribution in [3.8, 4) is 6.07 Å². The van der Waals surface area contributed by atoms with Gasteiger partial charge >= 0.3 is 0 Å². The maximum absolute atomic E-state index is 13.8. The van der Waals surface area contributed by atoms with Gasteiger partial charge < -0.3 is 4.57 Å². The minimum Gasteiger partial charge on any atom is -0.344 e. The van der Waals surface area contributed by atoms with Crippen molar-refractivity contribution in [2.45, 2.75) is 19.9 Å². The molecule has 5 heteroatoms. The molecule has 0 N–H and O–H groups in total. The largest absolute Gasteiger partial charge is 0.344 e. The smallest absolute Gasteiger partial charge is 0.207 e. The lowest BCUT2D eigenvalue weighted by Crippen LogP contribution is -2.14. The topological polar surface area (TPSA) is 45.8 Å². The molecule has 0 aliphatic rings. The van der Waals surface area contributed by atoms with Gasteiger partial charge in [-0.1, -0.05) is 6.92 Å². The number of aromatic nitrogens is 1. The van der Waals surface area contributed by atoms with Crippen molar-refractivity contribution in [2.24, 2.45) is 0 Å². The summed E-state index contributed by atoms with van der Waals surface area (Å²) < 4.78 is 28.4. The molecule has 0 unspecified atom stereocenters.